The summed E-state index contributed by atoms with van der Waals surface area (Å²) in [5.74, 6) is 1.64. The van der Waals surface area contributed by atoms with Gasteiger partial charge in [0.1, 0.15) is 0 Å². The van der Waals surface area contributed by atoms with Crippen LogP contribution < -0.4 is 5.32 Å². The third-order valence-electron chi connectivity index (χ3n) is 4.04. The van der Waals surface area contributed by atoms with E-state index in [2.05, 4.69) is 44.0 Å². The zero-order valence-corrected chi connectivity index (χ0v) is 12.8. The van der Waals surface area contributed by atoms with Crippen molar-refractivity contribution in [1.82, 2.24) is 10.2 Å². The van der Waals surface area contributed by atoms with Gasteiger partial charge in [0.2, 0.25) is 0 Å². The van der Waals surface area contributed by atoms with Crippen LogP contribution in [0.25, 0.3) is 0 Å². The molecule has 2 heteroatoms. The van der Waals surface area contributed by atoms with Gasteiger partial charge in [0.25, 0.3) is 0 Å². The predicted molar refractivity (Wildman–Crippen MR) is 80.9 cm³/mol. The normalized spacial score (nSPS) is 24.4. The molecule has 0 bridgehead atoms. The van der Waals surface area contributed by atoms with E-state index in [4.69, 9.17) is 0 Å². The fourth-order valence-electron chi connectivity index (χ4n) is 3.12. The first-order valence-corrected chi connectivity index (χ1v) is 7.76. The van der Waals surface area contributed by atoms with Crippen LogP contribution in [0.3, 0.4) is 0 Å². The van der Waals surface area contributed by atoms with E-state index in [1.165, 1.54) is 52.0 Å². The number of hydrogen-bond acceptors (Lipinski definition) is 2. The van der Waals surface area contributed by atoms with Gasteiger partial charge in [-0.05, 0) is 70.7 Å². The largest absolute Gasteiger partial charge is 0.316 e. The lowest BCUT2D eigenvalue weighted by atomic mass is 9.84. The van der Waals surface area contributed by atoms with Crippen molar-refractivity contribution >= 4 is 0 Å². The molecular formula is C16H32N2. The van der Waals surface area contributed by atoms with Crippen LogP contribution in [0, 0.1) is 11.8 Å². The molecule has 0 aromatic heterocycles. The van der Waals surface area contributed by atoms with E-state index in [1.54, 1.807) is 5.57 Å². The van der Waals surface area contributed by atoms with Crippen LogP contribution in [0.15, 0.2) is 11.6 Å². The van der Waals surface area contributed by atoms with Gasteiger partial charge < -0.3 is 10.2 Å². The highest BCUT2D eigenvalue weighted by molar-refractivity contribution is 5.06. The van der Waals surface area contributed by atoms with E-state index in [0.717, 1.165) is 11.8 Å². The van der Waals surface area contributed by atoms with E-state index in [1.807, 2.05) is 0 Å². The molecule has 0 spiro atoms. The molecule has 1 aliphatic rings. The molecule has 2 unspecified atom stereocenters. The Hall–Kier alpha value is -0.340. The molecule has 1 N–H and O–H groups in total. The molecule has 1 aliphatic carbocycles. The fourth-order valence-corrected chi connectivity index (χ4v) is 3.12. The Labute approximate surface area is 114 Å². The smallest absolute Gasteiger partial charge is 0.000687 e. The average Bonchev–Trinajstić information content (AvgIpc) is 2.32. The van der Waals surface area contributed by atoms with Crippen molar-refractivity contribution in [1.29, 1.82) is 0 Å². The van der Waals surface area contributed by atoms with E-state index >= 15 is 0 Å². The minimum atomic E-state index is 0.779. The van der Waals surface area contributed by atoms with Crippen molar-refractivity contribution in [2.24, 2.45) is 11.8 Å². The first kappa shape index (κ1) is 15.7. The van der Waals surface area contributed by atoms with Gasteiger partial charge in [-0.1, -0.05) is 32.4 Å². The molecule has 18 heavy (non-hydrogen) atoms. The van der Waals surface area contributed by atoms with Gasteiger partial charge in [-0.25, -0.2) is 0 Å². The third kappa shape index (κ3) is 6.01. The highest BCUT2D eigenvalue weighted by Crippen LogP contribution is 2.27. The molecule has 0 aliphatic heterocycles. The Kier molecular flexibility index (Phi) is 7.60. The maximum Gasteiger partial charge on any atom is -0.000687 e. The van der Waals surface area contributed by atoms with E-state index < -0.39 is 0 Å². The first-order chi connectivity index (χ1) is 8.65. The van der Waals surface area contributed by atoms with Crippen molar-refractivity contribution in [3.8, 4) is 0 Å². The predicted octanol–water partition coefficient (Wildman–Crippen LogP) is 3.30. The van der Waals surface area contributed by atoms with Gasteiger partial charge in [-0.15, -0.1) is 0 Å². The van der Waals surface area contributed by atoms with Crippen LogP contribution in [-0.2, 0) is 0 Å². The summed E-state index contributed by atoms with van der Waals surface area (Å²) in [5.41, 5.74) is 1.59. The SMILES string of the molecule is CCN(CC)CCCNCC1CC(C)=CC(C)C1. The Morgan fingerprint density at radius 1 is 1.33 bits per heavy atom. The Morgan fingerprint density at radius 2 is 2.06 bits per heavy atom. The fraction of sp³-hybridized carbons (Fsp3) is 0.875. The topological polar surface area (TPSA) is 15.3 Å². The number of nitrogens with zero attached hydrogens (tertiary/aromatic N) is 1. The Bertz CT molecular complexity index is 243. The third-order valence-corrected chi connectivity index (χ3v) is 4.04. The molecule has 0 amide bonds. The molecule has 0 aromatic rings. The van der Waals surface area contributed by atoms with Crippen LogP contribution in [-0.4, -0.2) is 37.6 Å². The quantitative estimate of drug-likeness (QED) is 0.527. The summed E-state index contributed by atoms with van der Waals surface area (Å²) in [5, 5.41) is 3.65. The lowest BCUT2D eigenvalue weighted by molar-refractivity contribution is 0.295. The van der Waals surface area contributed by atoms with E-state index in [9.17, 15) is 0 Å². The molecule has 0 saturated heterocycles. The molecule has 2 atom stereocenters. The standard InChI is InChI=1S/C16H32N2/c1-5-18(6-2)9-7-8-17-13-16-11-14(3)10-15(4)12-16/h10,14,16-17H,5-9,11-13H2,1-4H3. The molecule has 106 valence electrons. The summed E-state index contributed by atoms with van der Waals surface area (Å²) in [6.07, 6.45) is 6.38. The lowest BCUT2D eigenvalue weighted by Gasteiger charge is -2.26. The Morgan fingerprint density at radius 3 is 2.67 bits per heavy atom. The number of allylic oxidation sites excluding steroid dienone is 2. The van der Waals surface area contributed by atoms with Gasteiger partial charge in [-0.3, -0.25) is 0 Å². The van der Waals surface area contributed by atoms with E-state index in [0.29, 0.717) is 0 Å². The molecule has 0 saturated carbocycles. The maximum atomic E-state index is 3.65. The van der Waals surface area contributed by atoms with Crippen LogP contribution in [0.5, 0.6) is 0 Å². The minimum Gasteiger partial charge on any atom is -0.316 e. The van der Waals surface area contributed by atoms with Crippen LogP contribution >= 0.6 is 0 Å². The van der Waals surface area contributed by atoms with Crippen molar-refractivity contribution in [2.45, 2.75) is 47.0 Å². The van der Waals surface area contributed by atoms with Crippen molar-refractivity contribution in [3.05, 3.63) is 11.6 Å². The molecule has 1 rings (SSSR count). The molecular weight excluding hydrogens is 220 g/mol. The van der Waals surface area contributed by atoms with Crippen LogP contribution in [0.4, 0.5) is 0 Å². The van der Waals surface area contributed by atoms with Crippen molar-refractivity contribution < 1.29 is 0 Å². The second kappa shape index (κ2) is 8.71. The summed E-state index contributed by atoms with van der Waals surface area (Å²) in [6, 6.07) is 0. The van der Waals surface area contributed by atoms with Crippen molar-refractivity contribution in [2.75, 3.05) is 32.7 Å². The van der Waals surface area contributed by atoms with Crippen LogP contribution in [0.2, 0.25) is 0 Å². The number of rotatable bonds is 8. The Balaban J connectivity index is 2.06. The highest BCUT2D eigenvalue weighted by atomic mass is 15.1. The van der Waals surface area contributed by atoms with Crippen molar-refractivity contribution in [3.63, 3.8) is 0 Å². The zero-order valence-electron chi connectivity index (χ0n) is 12.8. The summed E-state index contributed by atoms with van der Waals surface area (Å²) >= 11 is 0. The number of nitrogens with one attached hydrogen (secondary N) is 1. The summed E-state index contributed by atoms with van der Waals surface area (Å²) < 4.78 is 0. The molecule has 0 heterocycles. The average molecular weight is 252 g/mol. The summed E-state index contributed by atoms with van der Waals surface area (Å²) in [4.78, 5) is 2.50. The maximum absolute atomic E-state index is 3.65. The lowest BCUT2D eigenvalue weighted by Crippen LogP contribution is -2.30. The second-order valence-corrected chi connectivity index (χ2v) is 5.88. The highest BCUT2D eigenvalue weighted by Gasteiger charge is 2.17. The molecule has 2 nitrogen and oxygen atoms in total. The summed E-state index contributed by atoms with van der Waals surface area (Å²) in [7, 11) is 0. The van der Waals surface area contributed by atoms with E-state index in [-0.39, 0.29) is 0 Å². The molecule has 0 aromatic carbocycles. The van der Waals surface area contributed by atoms with Gasteiger partial charge in [-0.2, -0.15) is 0 Å². The monoisotopic (exact) mass is 252 g/mol. The van der Waals surface area contributed by atoms with Gasteiger partial charge in [0, 0.05) is 0 Å². The summed E-state index contributed by atoms with van der Waals surface area (Å²) in [6.45, 7) is 15.1. The number of hydrogen-bond donors (Lipinski definition) is 1. The van der Waals surface area contributed by atoms with Gasteiger partial charge in [0.05, 0.1) is 0 Å². The van der Waals surface area contributed by atoms with Gasteiger partial charge >= 0.3 is 0 Å². The molecule has 0 radical (unpaired) electrons. The molecule has 0 fully saturated rings. The second-order valence-electron chi connectivity index (χ2n) is 5.88. The zero-order chi connectivity index (χ0) is 13.4. The van der Waals surface area contributed by atoms with Gasteiger partial charge in [0.15, 0.2) is 0 Å². The first-order valence-electron chi connectivity index (χ1n) is 7.76. The van der Waals surface area contributed by atoms with Crippen LogP contribution in [0.1, 0.15) is 47.0 Å². The minimum absolute atomic E-state index is 0.779.